The van der Waals surface area contributed by atoms with Crippen LogP contribution in [0.3, 0.4) is 0 Å². The van der Waals surface area contributed by atoms with Gasteiger partial charge in [0.05, 0.1) is 6.54 Å². The molecule has 21 heavy (non-hydrogen) atoms. The Morgan fingerprint density at radius 3 is 2.33 bits per heavy atom. The first-order valence-electron chi connectivity index (χ1n) is 6.34. The number of aromatic nitrogens is 1. The molecule has 0 saturated carbocycles. The number of hydrogen-bond acceptors (Lipinski definition) is 3. The first-order chi connectivity index (χ1) is 10.1. The van der Waals surface area contributed by atoms with E-state index in [1.807, 2.05) is 12.1 Å². The van der Waals surface area contributed by atoms with Crippen molar-refractivity contribution < 1.29 is 9.59 Å². The number of pyridine rings is 1. The Kier molecular flexibility index (Phi) is 5.29. The van der Waals surface area contributed by atoms with Gasteiger partial charge in [0.2, 0.25) is 5.91 Å². The fourth-order valence-corrected chi connectivity index (χ4v) is 1.75. The zero-order valence-electron chi connectivity index (χ0n) is 11.2. The first-order valence-corrected chi connectivity index (χ1v) is 6.72. The molecular formula is C15H14ClN3O2. The zero-order chi connectivity index (χ0) is 15.1. The van der Waals surface area contributed by atoms with Crippen molar-refractivity contribution in [2.24, 2.45) is 0 Å². The summed E-state index contributed by atoms with van der Waals surface area (Å²) in [6.07, 6.45) is 3.31. The highest BCUT2D eigenvalue weighted by atomic mass is 35.5. The summed E-state index contributed by atoms with van der Waals surface area (Å²) in [6, 6.07) is 10.1. The summed E-state index contributed by atoms with van der Waals surface area (Å²) in [5.41, 5.74) is 1.41. The SMILES string of the molecule is O=C(CNC(=O)c1ccc(Cl)cc1)NCc1ccncc1. The number of hydrogen-bond donors (Lipinski definition) is 2. The van der Waals surface area contributed by atoms with Crippen LogP contribution in [0.2, 0.25) is 5.02 Å². The number of halogens is 1. The lowest BCUT2D eigenvalue weighted by molar-refractivity contribution is -0.120. The lowest BCUT2D eigenvalue weighted by Crippen LogP contribution is -2.36. The van der Waals surface area contributed by atoms with Gasteiger partial charge >= 0.3 is 0 Å². The highest BCUT2D eigenvalue weighted by Gasteiger charge is 2.07. The summed E-state index contributed by atoms with van der Waals surface area (Å²) in [6.45, 7) is 0.324. The van der Waals surface area contributed by atoms with Crippen molar-refractivity contribution in [3.05, 3.63) is 64.9 Å². The normalized spacial score (nSPS) is 9.95. The van der Waals surface area contributed by atoms with Crippen molar-refractivity contribution in [1.29, 1.82) is 0 Å². The number of amides is 2. The van der Waals surface area contributed by atoms with Crippen LogP contribution >= 0.6 is 11.6 Å². The molecule has 2 rings (SSSR count). The van der Waals surface area contributed by atoms with Crippen molar-refractivity contribution in [3.8, 4) is 0 Å². The minimum Gasteiger partial charge on any atom is -0.350 e. The van der Waals surface area contributed by atoms with E-state index in [9.17, 15) is 9.59 Å². The molecule has 0 aliphatic carbocycles. The summed E-state index contributed by atoms with van der Waals surface area (Å²) in [5.74, 6) is -0.570. The molecule has 0 aliphatic rings. The smallest absolute Gasteiger partial charge is 0.251 e. The maximum atomic E-state index is 11.8. The van der Waals surface area contributed by atoms with Crippen LogP contribution in [-0.2, 0) is 11.3 Å². The van der Waals surface area contributed by atoms with E-state index in [1.54, 1.807) is 36.7 Å². The highest BCUT2D eigenvalue weighted by Crippen LogP contribution is 2.09. The molecule has 108 valence electrons. The molecule has 0 unspecified atom stereocenters. The molecule has 0 radical (unpaired) electrons. The van der Waals surface area contributed by atoms with Gasteiger partial charge < -0.3 is 10.6 Å². The number of nitrogens with zero attached hydrogens (tertiary/aromatic N) is 1. The molecule has 6 heteroatoms. The topological polar surface area (TPSA) is 71.1 Å². The van der Waals surface area contributed by atoms with Gasteiger partial charge in [-0.2, -0.15) is 0 Å². The van der Waals surface area contributed by atoms with Crippen LogP contribution < -0.4 is 10.6 Å². The van der Waals surface area contributed by atoms with E-state index in [4.69, 9.17) is 11.6 Å². The Labute approximate surface area is 127 Å². The fraction of sp³-hybridized carbons (Fsp3) is 0.133. The Hall–Kier alpha value is -2.40. The molecule has 0 fully saturated rings. The van der Waals surface area contributed by atoms with E-state index < -0.39 is 0 Å². The van der Waals surface area contributed by atoms with Gasteiger partial charge in [0, 0.05) is 29.5 Å². The van der Waals surface area contributed by atoms with Crippen LogP contribution in [0.25, 0.3) is 0 Å². The van der Waals surface area contributed by atoms with Crippen LogP contribution in [0.4, 0.5) is 0 Å². The first kappa shape index (κ1) is 15.0. The minimum absolute atomic E-state index is 0.0768. The molecule has 0 aliphatic heterocycles. The van der Waals surface area contributed by atoms with Gasteiger partial charge in [-0.25, -0.2) is 0 Å². The third-order valence-electron chi connectivity index (χ3n) is 2.75. The van der Waals surface area contributed by atoms with Crippen LogP contribution in [0.15, 0.2) is 48.8 Å². The van der Waals surface area contributed by atoms with Gasteiger partial charge in [-0.3, -0.25) is 14.6 Å². The third-order valence-corrected chi connectivity index (χ3v) is 3.01. The predicted octanol–water partition coefficient (Wildman–Crippen LogP) is 1.78. The molecule has 0 bridgehead atoms. The second-order valence-corrected chi connectivity index (χ2v) is 4.76. The predicted molar refractivity (Wildman–Crippen MR) is 79.9 cm³/mol. The summed E-state index contributed by atoms with van der Waals surface area (Å²) >= 11 is 5.74. The van der Waals surface area contributed by atoms with E-state index >= 15 is 0 Å². The lowest BCUT2D eigenvalue weighted by Gasteiger charge is -2.07. The van der Waals surface area contributed by atoms with Crippen molar-refractivity contribution in [3.63, 3.8) is 0 Å². The molecule has 0 atom stereocenters. The summed E-state index contributed by atoms with van der Waals surface area (Å²) in [4.78, 5) is 27.3. The summed E-state index contributed by atoms with van der Waals surface area (Å²) in [7, 11) is 0. The summed E-state index contributed by atoms with van der Waals surface area (Å²) < 4.78 is 0. The van der Waals surface area contributed by atoms with Crippen LogP contribution in [-0.4, -0.2) is 23.3 Å². The van der Waals surface area contributed by atoms with Crippen LogP contribution in [0.1, 0.15) is 15.9 Å². The van der Waals surface area contributed by atoms with E-state index in [-0.39, 0.29) is 18.4 Å². The standard InChI is InChI=1S/C15H14ClN3O2/c16-13-3-1-12(2-4-13)15(21)19-10-14(20)18-9-11-5-7-17-8-6-11/h1-8H,9-10H2,(H,18,20)(H,19,21). The van der Waals surface area contributed by atoms with E-state index in [1.165, 1.54) is 0 Å². The van der Waals surface area contributed by atoms with Gasteiger partial charge in [0.25, 0.3) is 5.91 Å². The third kappa shape index (κ3) is 4.89. The Balaban J connectivity index is 1.76. The van der Waals surface area contributed by atoms with Gasteiger partial charge in [-0.1, -0.05) is 11.6 Å². The molecule has 1 aromatic heterocycles. The molecule has 2 amide bonds. The van der Waals surface area contributed by atoms with Crippen molar-refractivity contribution in [1.82, 2.24) is 15.6 Å². The molecule has 5 nitrogen and oxygen atoms in total. The second-order valence-electron chi connectivity index (χ2n) is 4.32. The van der Waals surface area contributed by atoms with Crippen molar-refractivity contribution in [2.45, 2.75) is 6.54 Å². The Morgan fingerprint density at radius 1 is 1.00 bits per heavy atom. The second kappa shape index (κ2) is 7.40. The monoisotopic (exact) mass is 303 g/mol. The number of rotatable bonds is 5. The zero-order valence-corrected chi connectivity index (χ0v) is 11.9. The number of carbonyl (C=O) groups excluding carboxylic acids is 2. The van der Waals surface area contributed by atoms with Crippen LogP contribution in [0, 0.1) is 0 Å². The fourth-order valence-electron chi connectivity index (χ4n) is 1.63. The molecule has 0 spiro atoms. The molecular weight excluding hydrogens is 290 g/mol. The highest BCUT2D eigenvalue weighted by molar-refractivity contribution is 6.30. The van der Waals surface area contributed by atoms with E-state index in [0.29, 0.717) is 17.1 Å². The van der Waals surface area contributed by atoms with Gasteiger partial charge in [0.1, 0.15) is 0 Å². The molecule has 0 saturated heterocycles. The Morgan fingerprint density at radius 2 is 1.67 bits per heavy atom. The minimum atomic E-state index is -0.314. The van der Waals surface area contributed by atoms with Crippen LogP contribution in [0.5, 0.6) is 0 Å². The van der Waals surface area contributed by atoms with Gasteiger partial charge in [-0.05, 0) is 42.0 Å². The summed E-state index contributed by atoms with van der Waals surface area (Å²) in [5, 5.41) is 5.82. The van der Waals surface area contributed by atoms with Gasteiger partial charge in [-0.15, -0.1) is 0 Å². The maximum Gasteiger partial charge on any atom is 0.251 e. The largest absolute Gasteiger partial charge is 0.350 e. The maximum absolute atomic E-state index is 11.8. The Bertz CT molecular complexity index is 615. The van der Waals surface area contributed by atoms with Crippen molar-refractivity contribution in [2.75, 3.05) is 6.54 Å². The molecule has 2 N–H and O–H groups in total. The van der Waals surface area contributed by atoms with E-state index in [0.717, 1.165) is 5.56 Å². The average Bonchev–Trinajstić information content (AvgIpc) is 2.52. The number of nitrogens with one attached hydrogen (secondary N) is 2. The quantitative estimate of drug-likeness (QED) is 0.884. The van der Waals surface area contributed by atoms with Crippen molar-refractivity contribution >= 4 is 23.4 Å². The average molecular weight is 304 g/mol. The van der Waals surface area contributed by atoms with E-state index in [2.05, 4.69) is 15.6 Å². The lowest BCUT2D eigenvalue weighted by atomic mass is 10.2. The number of benzene rings is 1. The van der Waals surface area contributed by atoms with Gasteiger partial charge in [0.15, 0.2) is 0 Å². The number of carbonyl (C=O) groups is 2. The molecule has 1 heterocycles. The molecule has 2 aromatic rings. The molecule has 1 aromatic carbocycles.